The van der Waals surface area contributed by atoms with Crippen molar-refractivity contribution in [1.29, 1.82) is 5.41 Å². The number of thioether (sulfide) groups is 1. The van der Waals surface area contributed by atoms with Gasteiger partial charge in [-0.1, -0.05) is 30.0 Å². The monoisotopic (exact) mass is 210 g/mol. The van der Waals surface area contributed by atoms with Crippen LogP contribution in [-0.2, 0) is 0 Å². The first-order valence-electron chi connectivity index (χ1n) is 4.43. The lowest BCUT2D eigenvalue weighted by atomic mass is 10.3. The smallest absolute Gasteiger partial charge is 0.151 e. The van der Waals surface area contributed by atoms with E-state index in [0.717, 1.165) is 17.9 Å². The van der Waals surface area contributed by atoms with Crippen molar-refractivity contribution in [2.75, 3.05) is 12.4 Å². The van der Waals surface area contributed by atoms with Gasteiger partial charge in [0, 0.05) is 5.75 Å². The number of hydrogen-bond acceptors (Lipinski definition) is 3. The fourth-order valence-corrected chi connectivity index (χ4v) is 1.43. The molecule has 1 aromatic carbocycles. The van der Waals surface area contributed by atoms with Crippen molar-refractivity contribution in [2.24, 2.45) is 5.73 Å². The normalized spacial score (nSPS) is 9.71. The Labute approximate surface area is 88.2 Å². The maximum atomic E-state index is 6.99. The van der Waals surface area contributed by atoms with Gasteiger partial charge >= 0.3 is 0 Å². The first kappa shape index (κ1) is 10.9. The standard InChI is InChI=1S/C10H14N2OS/c11-10(12)14-8-4-7-13-9-5-2-1-3-6-9/h1-3,5-6H,4,7-8H2,(H3,11,12). The van der Waals surface area contributed by atoms with E-state index in [9.17, 15) is 0 Å². The second-order valence-corrected chi connectivity index (χ2v) is 3.86. The zero-order valence-electron chi connectivity index (χ0n) is 7.90. The van der Waals surface area contributed by atoms with E-state index in [1.807, 2.05) is 30.3 Å². The van der Waals surface area contributed by atoms with Crippen molar-refractivity contribution in [1.82, 2.24) is 0 Å². The molecule has 0 fully saturated rings. The van der Waals surface area contributed by atoms with Crippen molar-refractivity contribution in [3.8, 4) is 5.75 Å². The Kier molecular flexibility index (Phi) is 4.93. The maximum absolute atomic E-state index is 6.99. The van der Waals surface area contributed by atoms with E-state index < -0.39 is 0 Å². The largest absolute Gasteiger partial charge is 0.494 e. The Morgan fingerprint density at radius 2 is 2.07 bits per heavy atom. The van der Waals surface area contributed by atoms with Crippen molar-refractivity contribution in [3.63, 3.8) is 0 Å². The molecule has 0 bridgehead atoms. The van der Waals surface area contributed by atoms with E-state index in [-0.39, 0.29) is 5.17 Å². The molecule has 4 heteroatoms. The van der Waals surface area contributed by atoms with Crippen LogP contribution in [0.5, 0.6) is 5.75 Å². The van der Waals surface area contributed by atoms with Crippen molar-refractivity contribution in [3.05, 3.63) is 30.3 Å². The van der Waals surface area contributed by atoms with Crippen LogP contribution in [0.4, 0.5) is 0 Å². The van der Waals surface area contributed by atoms with Crippen LogP contribution in [0.1, 0.15) is 6.42 Å². The molecule has 0 spiro atoms. The van der Waals surface area contributed by atoms with Crippen molar-refractivity contribution >= 4 is 16.9 Å². The molecule has 0 atom stereocenters. The molecule has 14 heavy (non-hydrogen) atoms. The number of benzene rings is 1. The van der Waals surface area contributed by atoms with E-state index in [2.05, 4.69) is 0 Å². The first-order valence-corrected chi connectivity index (χ1v) is 5.42. The Morgan fingerprint density at radius 3 is 2.71 bits per heavy atom. The molecule has 0 aliphatic rings. The highest BCUT2D eigenvalue weighted by Crippen LogP contribution is 2.09. The molecule has 1 aromatic rings. The second kappa shape index (κ2) is 6.32. The Morgan fingerprint density at radius 1 is 1.36 bits per heavy atom. The third-order valence-electron chi connectivity index (χ3n) is 1.56. The lowest BCUT2D eigenvalue weighted by molar-refractivity contribution is 0.319. The van der Waals surface area contributed by atoms with Gasteiger partial charge in [0.25, 0.3) is 0 Å². The van der Waals surface area contributed by atoms with Crippen LogP contribution in [0.15, 0.2) is 30.3 Å². The van der Waals surface area contributed by atoms with Gasteiger partial charge in [0.2, 0.25) is 0 Å². The van der Waals surface area contributed by atoms with Gasteiger partial charge in [-0.25, -0.2) is 0 Å². The van der Waals surface area contributed by atoms with Crippen LogP contribution in [0, 0.1) is 5.41 Å². The average Bonchev–Trinajstić information content (AvgIpc) is 2.18. The van der Waals surface area contributed by atoms with Gasteiger partial charge in [-0.2, -0.15) is 0 Å². The van der Waals surface area contributed by atoms with E-state index in [1.165, 1.54) is 11.8 Å². The summed E-state index contributed by atoms with van der Waals surface area (Å²) in [5.74, 6) is 1.72. The van der Waals surface area contributed by atoms with Crippen molar-refractivity contribution < 1.29 is 4.74 Å². The number of rotatable bonds is 5. The average molecular weight is 210 g/mol. The fourth-order valence-electron chi connectivity index (χ4n) is 0.948. The topological polar surface area (TPSA) is 59.1 Å². The van der Waals surface area contributed by atoms with Crippen LogP contribution in [-0.4, -0.2) is 17.5 Å². The van der Waals surface area contributed by atoms with Gasteiger partial charge in [0.05, 0.1) is 6.61 Å². The number of para-hydroxylation sites is 1. The first-order chi connectivity index (χ1) is 6.79. The molecular formula is C10H14N2OS. The minimum Gasteiger partial charge on any atom is -0.494 e. The lowest BCUT2D eigenvalue weighted by Crippen LogP contribution is -2.06. The molecule has 0 aromatic heterocycles. The van der Waals surface area contributed by atoms with Crippen LogP contribution < -0.4 is 10.5 Å². The van der Waals surface area contributed by atoms with Crippen LogP contribution in [0.25, 0.3) is 0 Å². The molecule has 0 heterocycles. The lowest BCUT2D eigenvalue weighted by Gasteiger charge is -2.04. The molecule has 0 aliphatic carbocycles. The van der Waals surface area contributed by atoms with Gasteiger partial charge in [-0.3, -0.25) is 5.41 Å². The van der Waals surface area contributed by atoms with Crippen LogP contribution in [0.2, 0.25) is 0 Å². The van der Waals surface area contributed by atoms with E-state index in [1.54, 1.807) is 0 Å². The van der Waals surface area contributed by atoms with E-state index in [0.29, 0.717) is 6.61 Å². The van der Waals surface area contributed by atoms with Gasteiger partial charge in [-0.15, -0.1) is 0 Å². The molecule has 3 nitrogen and oxygen atoms in total. The zero-order valence-corrected chi connectivity index (χ0v) is 8.72. The molecule has 3 N–H and O–H groups in total. The predicted octanol–water partition coefficient (Wildman–Crippen LogP) is 2.08. The van der Waals surface area contributed by atoms with Gasteiger partial charge < -0.3 is 10.5 Å². The highest BCUT2D eigenvalue weighted by molar-refractivity contribution is 8.13. The fraction of sp³-hybridized carbons (Fsp3) is 0.300. The van der Waals surface area contributed by atoms with Crippen molar-refractivity contribution in [2.45, 2.75) is 6.42 Å². The number of nitrogens with two attached hydrogens (primary N) is 1. The van der Waals surface area contributed by atoms with E-state index in [4.69, 9.17) is 15.9 Å². The molecule has 0 amide bonds. The molecule has 1 rings (SSSR count). The predicted molar refractivity (Wildman–Crippen MR) is 60.9 cm³/mol. The minimum atomic E-state index is 0.171. The van der Waals surface area contributed by atoms with Gasteiger partial charge in [-0.05, 0) is 18.6 Å². The molecule has 0 radical (unpaired) electrons. The number of hydrogen-bond donors (Lipinski definition) is 2. The molecule has 0 saturated heterocycles. The molecule has 0 saturated carbocycles. The quantitative estimate of drug-likeness (QED) is 0.444. The summed E-state index contributed by atoms with van der Waals surface area (Å²) in [6.45, 7) is 0.671. The van der Waals surface area contributed by atoms with Gasteiger partial charge in [0.1, 0.15) is 5.75 Å². The Hall–Kier alpha value is -1.16. The summed E-state index contributed by atoms with van der Waals surface area (Å²) in [5, 5.41) is 7.16. The van der Waals surface area contributed by atoms with Crippen LogP contribution in [0.3, 0.4) is 0 Å². The zero-order chi connectivity index (χ0) is 10.2. The number of nitrogens with one attached hydrogen (secondary N) is 1. The number of amidine groups is 1. The summed E-state index contributed by atoms with van der Waals surface area (Å²) in [6.07, 6.45) is 0.902. The summed E-state index contributed by atoms with van der Waals surface area (Å²) in [4.78, 5) is 0. The summed E-state index contributed by atoms with van der Waals surface area (Å²) in [7, 11) is 0. The Bertz CT molecular complexity index is 277. The molecule has 0 aliphatic heterocycles. The molecule has 76 valence electrons. The summed E-state index contributed by atoms with van der Waals surface area (Å²) < 4.78 is 5.46. The third-order valence-corrected chi connectivity index (χ3v) is 2.36. The third kappa shape index (κ3) is 4.77. The molecular weight excluding hydrogens is 196 g/mol. The van der Waals surface area contributed by atoms with Crippen LogP contribution >= 0.6 is 11.8 Å². The minimum absolute atomic E-state index is 0.171. The van der Waals surface area contributed by atoms with Gasteiger partial charge in [0.15, 0.2) is 5.17 Å². The molecule has 0 unspecified atom stereocenters. The SMILES string of the molecule is N=C(N)SCCCOc1ccccc1. The maximum Gasteiger partial charge on any atom is 0.151 e. The highest BCUT2D eigenvalue weighted by atomic mass is 32.2. The summed E-state index contributed by atoms with van der Waals surface area (Å²) in [5.41, 5.74) is 5.19. The summed E-state index contributed by atoms with van der Waals surface area (Å²) in [6, 6.07) is 9.70. The second-order valence-electron chi connectivity index (χ2n) is 2.73. The highest BCUT2D eigenvalue weighted by Gasteiger charge is 1.93. The van der Waals surface area contributed by atoms with E-state index >= 15 is 0 Å². The summed E-state index contributed by atoms with van der Waals surface area (Å²) >= 11 is 1.35. The Balaban J connectivity index is 2.08. The number of ether oxygens (including phenoxy) is 1.